The molecule has 0 unspecified atom stereocenters. The number of carbonyl (C=O) groups excluding carboxylic acids is 1. The van der Waals surface area contributed by atoms with Crippen LogP contribution >= 0.6 is 12.2 Å². The Morgan fingerprint density at radius 1 is 1.47 bits per heavy atom. The third-order valence-electron chi connectivity index (χ3n) is 3.90. The summed E-state index contributed by atoms with van der Waals surface area (Å²) < 4.78 is 0. The Kier molecular flexibility index (Phi) is 3.43. The van der Waals surface area contributed by atoms with Crippen LogP contribution in [0.25, 0.3) is 0 Å². The summed E-state index contributed by atoms with van der Waals surface area (Å²) in [6, 6.07) is 0.455. The van der Waals surface area contributed by atoms with Gasteiger partial charge in [0.25, 0.3) is 0 Å². The Morgan fingerprint density at radius 2 is 2.06 bits per heavy atom. The summed E-state index contributed by atoms with van der Waals surface area (Å²) in [6.45, 7) is 5.14. The second-order valence-corrected chi connectivity index (χ2v) is 6.32. The van der Waals surface area contributed by atoms with Crippen LogP contribution in [0.2, 0.25) is 0 Å². The van der Waals surface area contributed by atoms with Crippen molar-refractivity contribution in [3.05, 3.63) is 0 Å². The third-order valence-corrected chi connectivity index (χ3v) is 4.29. The van der Waals surface area contributed by atoms with E-state index in [0.717, 1.165) is 38.6 Å². The first-order chi connectivity index (χ1) is 7.97. The fraction of sp³-hybridized carbons (Fsp3) is 0.846. The minimum Gasteiger partial charge on any atom is -0.392 e. The van der Waals surface area contributed by atoms with E-state index in [9.17, 15) is 4.79 Å². The van der Waals surface area contributed by atoms with E-state index >= 15 is 0 Å². The monoisotopic (exact) mass is 254 g/mol. The Hall–Kier alpha value is -0.640. The van der Waals surface area contributed by atoms with Gasteiger partial charge in [-0.1, -0.05) is 32.5 Å². The second-order valence-electron chi connectivity index (χ2n) is 5.88. The number of nitrogens with two attached hydrogens (primary N) is 1. The van der Waals surface area contributed by atoms with Gasteiger partial charge in [-0.3, -0.25) is 4.79 Å². The molecule has 2 N–H and O–H groups in total. The van der Waals surface area contributed by atoms with Gasteiger partial charge < -0.3 is 10.6 Å². The molecule has 96 valence electrons. The number of hydrogen-bond acceptors (Lipinski definition) is 2. The van der Waals surface area contributed by atoms with Crippen LogP contribution in [0.15, 0.2) is 0 Å². The van der Waals surface area contributed by atoms with Crippen molar-refractivity contribution >= 4 is 23.1 Å². The SMILES string of the molecule is CC(C)CN(C(=O)C1(C(N)=S)CCC1)C1CC1. The molecule has 17 heavy (non-hydrogen) atoms. The van der Waals surface area contributed by atoms with Gasteiger partial charge in [-0.2, -0.15) is 0 Å². The third kappa shape index (κ3) is 2.32. The molecule has 0 atom stereocenters. The molecule has 2 saturated carbocycles. The van der Waals surface area contributed by atoms with Crippen LogP contribution in [0.4, 0.5) is 0 Å². The van der Waals surface area contributed by atoms with E-state index in [-0.39, 0.29) is 5.91 Å². The summed E-state index contributed by atoms with van der Waals surface area (Å²) in [7, 11) is 0. The van der Waals surface area contributed by atoms with E-state index in [2.05, 4.69) is 13.8 Å². The zero-order chi connectivity index (χ0) is 12.6. The molecular formula is C13H22N2OS. The molecule has 2 rings (SSSR count). The summed E-state index contributed by atoms with van der Waals surface area (Å²) in [5, 5.41) is 0. The van der Waals surface area contributed by atoms with Gasteiger partial charge in [0.1, 0.15) is 0 Å². The molecule has 0 aromatic heterocycles. The first-order valence-electron chi connectivity index (χ1n) is 6.58. The maximum absolute atomic E-state index is 12.7. The lowest BCUT2D eigenvalue weighted by atomic mass is 9.67. The number of hydrogen-bond donors (Lipinski definition) is 1. The second kappa shape index (κ2) is 4.56. The van der Waals surface area contributed by atoms with Crippen LogP contribution in [0, 0.1) is 11.3 Å². The highest BCUT2D eigenvalue weighted by atomic mass is 32.1. The van der Waals surface area contributed by atoms with E-state index < -0.39 is 5.41 Å². The Bertz CT molecular complexity index is 332. The highest BCUT2D eigenvalue weighted by molar-refractivity contribution is 7.80. The molecule has 0 heterocycles. The standard InChI is InChI=1S/C13H22N2OS/c1-9(2)8-15(10-4-5-10)12(16)13(11(14)17)6-3-7-13/h9-10H,3-8H2,1-2H3,(H2,14,17). The summed E-state index contributed by atoms with van der Waals surface area (Å²) >= 11 is 5.13. The molecule has 0 saturated heterocycles. The molecule has 0 radical (unpaired) electrons. The predicted molar refractivity (Wildman–Crippen MR) is 72.6 cm³/mol. The van der Waals surface area contributed by atoms with Gasteiger partial charge in [0, 0.05) is 12.6 Å². The van der Waals surface area contributed by atoms with Crippen molar-refractivity contribution in [1.29, 1.82) is 0 Å². The quantitative estimate of drug-likeness (QED) is 0.764. The highest BCUT2D eigenvalue weighted by Gasteiger charge is 2.51. The van der Waals surface area contributed by atoms with Crippen molar-refractivity contribution < 1.29 is 4.79 Å². The van der Waals surface area contributed by atoms with E-state index in [1.807, 2.05) is 4.90 Å². The van der Waals surface area contributed by atoms with E-state index in [4.69, 9.17) is 18.0 Å². The minimum absolute atomic E-state index is 0.201. The van der Waals surface area contributed by atoms with E-state index in [0.29, 0.717) is 16.9 Å². The average Bonchev–Trinajstić information content (AvgIpc) is 2.93. The van der Waals surface area contributed by atoms with E-state index in [1.165, 1.54) is 0 Å². The Labute approximate surface area is 109 Å². The fourth-order valence-corrected chi connectivity index (χ4v) is 2.84. The van der Waals surface area contributed by atoms with Gasteiger partial charge >= 0.3 is 0 Å². The summed E-state index contributed by atoms with van der Waals surface area (Å²) in [5.41, 5.74) is 5.31. The summed E-state index contributed by atoms with van der Waals surface area (Å²) in [4.78, 5) is 15.1. The highest BCUT2D eigenvalue weighted by Crippen LogP contribution is 2.44. The van der Waals surface area contributed by atoms with Crippen LogP contribution in [-0.2, 0) is 4.79 Å². The minimum atomic E-state index is -0.493. The Morgan fingerprint density at radius 3 is 2.35 bits per heavy atom. The van der Waals surface area contributed by atoms with Gasteiger partial charge in [0.05, 0.1) is 10.4 Å². The fourth-order valence-electron chi connectivity index (χ4n) is 2.55. The van der Waals surface area contributed by atoms with Gasteiger partial charge in [0.15, 0.2) is 0 Å². The van der Waals surface area contributed by atoms with Crippen LogP contribution < -0.4 is 5.73 Å². The van der Waals surface area contributed by atoms with Gasteiger partial charge in [-0.15, -0.1) is 0 Å². The molecule has 4 heteroatoms. The molecule has 2 fully saturated rings. The number of nitrogens with zero attached hydrogens (tertiary/aromatic N) is 1. The Balaban J connectivity index is 2.12. The number of thiocarbonyl (C=S) groups is 1. The largest absolute Gasteiger partial charge is 0.392 e. The zero-order valence-corrected chi connectivity index (χ0v) is 11.6. The normalized spacial score (nSPS) is 22.1. The van der Waals surface area contributed by atoms with Crippen LogP contribution in [0.5, 0.6) is 0 Å². The lowest BCUT2D eigenvalue weighted by Crippen LogP contribution is -2.55. The number of carbonyl (C=O) groups is 1. The molecule has 1 amide bonds. The summed E-state index contributed by atoms with van der Waals surface area (Å²) in [5.74, 6) is 0.704. The van der Waals surface area contributed by atoms with Crippen molar-refractivity contribution in [2.75, 3.05) is 6.54 Å². The van der Waals surface area contributed by atoms with Crippen molar-refractivity contribution in [2.45, 2.75) is 52.0 Å². The van der Waals surface area contributed by atoms with Crippen molar-refractivity contribution in [1.82, 2.24) is 4.90 Å². The van der Waals surface area contributed by atoms with Crippen molar-refractivity contribution in [3.8, 4) is 0 Å². The molecule has 0 aromatic carbocycles. The smallest absolute Gasteiger partial charge is 0.235 e. The van der Waals surface area contributed by atoms with Gasteiger partial charge in [0.2, 0.25) is 5.91 Å². The molecule has 2 aliphatic carbocycles. The molecule has 3 nitrogen and oxygen atoms in total. The maximum atomic E-state index is 12.7. The van der Waals surface area contributed by atoms with Gasteiger partial charge in [-0.05, 0) is 31.6 Å². The topological polar surface area (TPSA) is 46.3 Å². The van der Waals surface area contributed by atoms with Crippen molar-refractivity contribution in [2.24, 2.45) is 17.1 Å². The van der Waals surface area contributed by atoms with E-state index in [1.54, 1.807) is 0 Å². The van der Waals surface area contributed by atoms with Crippen LogP contribution in [0.1, 0.15) is 46.0 Å². The zero-order valence-electron chi connectivity index (χ0n) is 10.7. The maximum Gasteiger partial charge on any atom is 0.235 e. The van der Waals surface area contributed by atoms with Crippen LogP contribution in [0.3, 0.4) is 0 Å². The lowest BCUT2D eigenvalue weighted by molar-refractivity contribution is -0.143. The molecule has 0 spiro atoms. The van der Waals surface area contributed by atoms with Crippen molar-refractivity contribution in [3.63, 3.8) is 0 Å². The number of amides is 1. The molecule has 2 aliphatic rings. The summed E-state index contributed by atoms with van der Waals surface area (Å²) in [6.07, 6.45) is 5.06. The van der Waals surface area contributed by atoms with Gasteiger partial charge in [-0.25, -0.2) is 0 Å². The lowest BCUT2D eigenvalue weighted by Gasteiger charge is -2.43. The first kappa shape index (κ1) is 12.8. The molecule has 0 aliphatic heterocycles. The number of rotatable bonds is 5. The molecular weight excluding hydrogens is 232 g/mol. The first-order valence-corrected chi connectivity index (χ1v) is 6.99. The average molecular weight is 254 g/mol. The molecule has 0 aromatic rings. The molecule has 0 bridgehead atoms. The van der Waals surface area contributed by atoms with Crippen LogP contribution in [-0.4, -0.2) is 28.4 Å². The predicted octanol–water partition coefficient (Wildman–Crippen LogP) is 2.09.